The van der Waals surface area contributed by atoms with Gasteiger partial charge < -0.3 is 19.9 Å². The van der Waals surface area contributed by atoms with Gasteiger partial charge in [0.05, 0.1) is 13.2 Å². The maximum absolute atomic E-state index is 13.2. The molecule has 0 radical (unpaired) electrons. The van der Waals surface area contributed by atoms with Gasteiger partial charge >= 0.3 is 0 Å². The predicted octanol–water partition coefficient (Wildman–Crippen LogP) is 1.95. The molecule has 3 amide bonds. The number of imide groups is 1. The van der Waals surface area contributed by atoms with E-state index in [1.165, 1.54) is 50.9 Å². The van der Waals surface area contributed by atoms with Gasteiger partial charge in [-0.05, 0) is 75.4 Å². The van der Waals surface area contributed by atoms with E-state index in [1.807, 2.05) is 6.07 Å². The summed E-state index contributed by atoms with van der Waals surface area (Å²) >= 11 is 0. The van der Waals surface area contributed by atoms with Gasteiger partial charge in [0.1, 0.15) is 11.8 Å². The molecular formula is C28H36N4O4. The van der Waals surface area contributed by atoms with Crippen molar-refractivity contribution >= 4 is 17.7 Å². The molecule has 0 bridgehead atoms. The molecule has 6 aliphatic rings. The summed E-state index contributed by atoms with van der Waals surface area (Å²) in [4.78, 5) is 41.5. The number of nitrogens with zero attached hydrogens (tertiary/aromatic N) is 2. The van der Waals surface area contributed by atoms with Crippen molar-refractivity contribution in [2.24, 2.45) is 11.3 Å². The van der Waals surface area contributed by atoms with Gasteiger partial charge in [0.15, 0.2) is 0 Å². The third kappa shape index (κ3) is 3.51. The van der Waals surface area contributed by atoms with Crippen molar-refractivity contribution in [1.29, 1.82) is 0 Å². The van der Waals surface area contributed by atoms with Crippen LogP contribution in [-0.2, 0) is 21.5 Å². The molecule has 1 atom stereocenters. The second-order valence-corrected chi connectivity index (χ2v) is 12.3. The number of piperidine rings is 2. The summed E-state index contributed by atoms with van der Waals surface area (Å²) in [5.74, 6) is 0.946. The summed E-state index contributed by atoms with van der Waals surface area (Å²) in [5.41, 5.74) is 3.46. The monoisotopic (exact) mass is 492 g/mol. The first kappa shape index (κ1) is 22.7. The smallest absolute Gasteiger partial charge is 0.255 e. The van der Waals surface area contributed by atoms with Crippen molar-refractivity contribution in [3.8, 4) is 5.75 Å². The molecule has 1 saturated carbocycles. The van der Waals surface area contributed by atoms with Gasteiger partial charge in [-0.3, -0.25) is 19.7 Å². The molecule has 1 aromatic carbocycles. The molecule has 7 rings (SSSR count). The number of amides is 3. The van der Waals surface area contributed by atoms with E-state index >= 15 is 0 Å². The number of fused-ring (bicyclic) bond motifs is 4. The molecule has 3 saturated heterocycles. The fourth-order valence-electron chi connectivity index (χ4n) is 7.73. The van der Waals surface area contributed by atoms with E-state index in [1.54, 1.807) is 4.90 Å². The Morgan fingerprint density at radius 2 is 1.78 bits per heavy atom. The molecule has 0 aromatic heterocycles. The normalized spacial score (nSPS) is 29.2. The van der Waals surface area contributed by atoms with Crippen LogP contribution in [-0.4, -0.2) is 72.9 Å². The van der Waals surface area contributed by atoms with Gasteiger partial charge in [-0.2, -0.15) is 0 Å². The van der Waals surface area contributed by atoms with E-state index in [4.69, 9.17) is 4.74 Å². The van der Waals surface area contributed by atoms with Crippen molar-refractivity contribution < 1.29 is 19.1 Å². The summed E-state index contributed by atoms with van der Waals surface area (Å²) in [7, 11) is 0. The summed E-state index contributed by atoms with van der Waals surface area (Å²) in [6.07, 6.45) is 8.36. The van der Waals surface area contributed by atoms with E-state index in [0.717, 1.165) is 43.2 Å². The first-order chi connectivity index (χ1) is 17.5. The van der Waals surface area contributed by atoms with Crippen LogP contribution in [0.4, 0.5) is 0 Å². The number of likely N-dealkylation sites (tertiary alicyclic amines) is 1. The fraction of sp³-hybridized carbons (Fsp3) is 0.679. The summed E-state index contributed by atoms with van der Waals surface area (Å²) in [6, 6.07) is 3.46. The number of rotatable bonds is 3. The quantitative estimate of drug-likeness (QED) is 0.627. The Hall–Kier alpha value is -2.45. The van der Waals surface area contributed by atoms with Crippen molar-refractivity contribution in [3.05, 3.63) is 28.8 Å². The zero-order valence-electron chi connectivity index (χ0n) is 20.9. The average Bonchev–Trinajstić information content (AvgIpc) is 3.38. The van der Waals surface area contributed by atoms with Crippen LogP contribution in [0.3, 0.4) is 0 Å². The third-order valence-electron chi connectivity index (χ3n) is 10.2. The molecule has 8 heteroatoms. The van der Waals surface area contributed by atoms with E-state index in [-0.39, 0.29) is 29.6 Å². The lowest BCUT2D eigenvalue weighted by molar-refractivity contribution is -0.136. The molecule has 2 spiro atoms. The van der Waals surface area contributed by atoms with E-state index in [9.17, 15) is 14.4 Å². The molecule has 5 aliphatic heterocycles. The number of ether oxygens (including phenoxy) is 1. The number of hydrogen-bond donors (Lipinski definition) is 2. The second-order valence-electron chi connectivity index (χ2n) is 12.3. The van der Waals surface area contributed by atoms with Gasteiger partial charge in [0.25, 0.3) is 5.91 Å². The number of nitrogens with one attached hydrogen (secondary N) is 2. The van der Waals surface area contributed by atoms with Crippen LogP contribution >= 0.6 is 0 Å². The Labute approximate surface area is 212 Å². The molecule has 36 heavy (non-hydrogen) atoms. The Morgan fingerprint density at radius 1 is 1.00 bits per heavy atom. The Balaban J connectivity index is 1.02. The molecule has 4 fully saturated rings. The minimum absolute atomic E-state index is 0.0280. The molecule has 5 heterocycles. The highest BCUT2D eigenvalue weighted by atomic mass is 16.5. The van der Waals surface area contributed by atoms with Crippen molar-refractivity contribution in [1.82, 2.24) is 20.4 Å². The Kier molecular flexibility index (Phi) is 5.23. The number of carbonyl (C=O) groups is 3. The first-order valence-corrected chi connectivity index (χ1v) is 13.8. The largest absolute Gasteiger partial charge is 0.492 e. The van der Waals surface area contributed by atoms with E-state index in [0.29, 0.717) is 30.6 Å². The van der Waals surface area contributed by atoms with Gasteiger partial charge in [0.2, 0.25) is 11.8 Å². The lowest BCUT2D eigenvalue weighted by Crippen LogP contribution is -2.55. The summed E-state index contributed by atoms with van der Waals surface area (Å²) in [6.45, 7) is 6.95. The molecule has 8 nitrogen and oxygen atoms in total. The van der Waals surface area contributed by atoms with Gasteiger partial charge in [0, 0.05) is 48.2 Å². The van der Waals surface area contributed by atoms with Crippen LogP contribution < -0.4 is 15.4 Å². The van der Waals surface area contributed by atoms with Gasteiger partial charge in [-0.1, -0.05) is 6.07 Å². The summed E-state index contributed by atoms with van der Waals surface area (Å²) < 4.78 is 6.33. The number of hydrogen-bond acceptors (Lipinski definition) is 6. The molecule has 1 aromatic rings. The minimum atomic E-state index is -0.591. The molecule has 0 unspecified atom stereocenters. The zero-order chi connectivity index (χ0) is 24.5. The SMILES string of the molecule is O=C1CC[C@H](N2Cc3c(ccc4c3OCC43CCN(CC4CCC5(CC4)CNC5)CC3)C2=O)C(=O)N1. The van der Waals surface area contributed by atoms with Crippen LogP contribution in [0.15, 0.2) is 12.1 Å². The maximum Gasteiger partial charge on any atom is 0.255 e. The highest BCUT2D eigenvalue weighted by molar-refractivity contribution is 6.05. The highest BCUT2D eigenvalue weighted by Crippen LogP contribution is 2.50. The first-order valence-electron chi connectivity index (χ1n) is 13.8. The fourth-order valence-corrected chi connectivity index (χ4v) is 7.73. The lowest BCUT2D eigenvalue weighted by Gasteiger charge is -2.48. The maximum atomic E-state index is 13.2. The van der Waals surface area contributed by atoms with Crippen LogP contribution in [0.1, 0.15) is 72.9 Å². The van der Waals surface area contributed by atoms with Crippen molar-refractivity contribution in [2.45, 2.75) is 69.4 Å². The van der Waals surface area contributed by atoms with Crippen molar-refractivity contribution in [3.63, 3.8) is 0 Å². The predicted molar refractivity (Wildman–Crippen MR) is 133 cm³/mol. The molecule has 2 N–H and O–H groups in total. The standard InChI is InChI=1S/C28H36N4O4/c33-23-4-3-22(25(34)30-23)32-14-20-19(26(32)35)1-2-21-24(20)36-17-28(21)9-11-31(12-10-28)13-18-5-7-27(8-6-18)15-29-16-27/h1-2,18,22,29H,3-17H2,(H,30,33,34)/t22-/m0/s1. The number of benzene rings is 1. The average molecular weight is 493 g/mol. The van der Waals surface area contributed by atoms with Crippen molar-refractivity contribution in [2.75, 3.05) is 39.3 Å². The molecule has 1 aliphatic carbocycles. The van der Waals surface area contributed by atoms with Crippen LogP contribution in [0, 0.1) is 11.3 Å². The van der Waals surface area contributed by atoms with Crippen LogP contribution in [0.5, 0.6) is 5.75 Å². The zero-order valence-corrected chi connectivity index (χ0v) is 20.9. The van der Waals surface area contributed by atoms with Crippen LogP contribution in [0.25, 0.3) is 0 Å². The van der Waals surface area contributed by atoms with Gasteiger partial charge in [-0.25, -0.2) is 0 Å². The number of carbonyl (C=O) groups excluding carboxylic acids is 3. The van der Waals surface area contributed by atoms with Gasteiger partial charge in [-0.15, -0.1) is 0 Å². The Bertz CT molecular complexity index is 1110. The third-order valence-corrected chi connectivity index (χ3v) is 10.2. The van der Waals surface area contributed by atoms with E-state index in [2.05, 4.69) is 21.6 Å². The highest BCUT2D eigenvalue weighted by Gasteiger charge is 2.48. The van der Waals surface area contributed by atoms with E-state index < -0.39 is 6.04 Å². The van der Waals surface area contributed by atoms with Crippen LogP contribution in [0.2, 0.25) is 0 Å². The second kappa shape index (κ2) is 8.28. The Morgan fingerprint density at radius 3 is 2.47 bits per heavy atom. The molecular weight excluding hydrogens is 456 g/mol. The minimum Gasteiger partial charge on any atom is -0.492 e. The lowest BCUT2D eigenvalue weighted by atomic mass is 9.66. The topological polar surface area (TPSA) is 91.0 Å². The molecule has 192 valence electrons. The summed E-state index contributed by atoms with van der Waals surface area (Å²) in [5, 5.41) is 5.86.